The standard InChI is InChI=1S/C18H22N2O3S/c1-13(2)20-18(21)16-8-6-15(7-9-16)12-19-24(22,23)17-10-4-14(3)5-11-17/h4-11,13,19H,12H2,1-3H3,(H,20,21). The molecule has 0 aliphatic heterocycles. The maximum Gasteiger partial charge on any atom is 0.251 e. The van der Waals surface area contributed by atoms with E-state index < -0.39 is 10.0 Å². The minimum Gasteiger partial charge on any atom is -0.350 e. The van der Waals surface area contributed by atoms with Gasteiger partial charge in [-0.05, 0) is 50.6 Å². The SMILES string of the molecule is Cc1ccc(S(=O)(=O)NCc2ccc(C(=O)NC(C)C)cc2)cc1. The number of carbonyl (C=O) groups excluding carboxylic acids is 1. The molecule has 2 N–H and O–H groups in total. The summed E-state index contributed by atoms with van der Waals surface area (Å²) in [6, 6.07) is 13.6. The van der Waals surface area contributed by atoms with Crippen molar-refractivity contribution >= 4 is 15.9 Å². The molecular formula is C18H22N2O3S. The van der Waals surface area contributed by atoms with E-state index in [1.807, 2.05) is 20.8 Å². The number of benzene rings is 2. The molecule has 24 heavy (non-hydrogen) atoms. The fourth-order valence-corrected chi connectivity index (χ4v) is 3.12. The number of nitrogens with one attached hydrogen (secondary N) is 2. The Morgan fingerprint density at radius 1 is 1.00 bits per heavy atom. The van der Waals surface area contributed by atoms with Crippen LogP contribution in [0.1, 0.15) is 35.3 Å². The molecule has 6 heteroatoms. The van der Waals surface area contributed by atoms with E-state index in [9.17, 15) is 13.2 Å². The molecule has 0 aliphatic carbocycles. The second kappa shape index (κ2) is 7.59. The van der Waals surface area contributed by atoms with E-state index in [2.05, 4.69) is 10.0 Å². The second-order valence-corrected chi connectivity index (χ2v) is 7.73. The van der Waals surface area contributed by atoms with Gasteiger partial charge in [0, 0.05) is 18.2 Å². The van der Waals surface area contributed by atoms with Crippen LogP contribution in [0.15, 0.2) is 53.4 Å². The Hall–Kier alpha value is -2.18. The highest BCUT2D eigenvalue weighted by molar-refractivity contribution is 7.89. The zero-order chi connectivity index (χ0) is 17.7. The van der Waals surface area contributed by atoms with Gasteiger partial charge in [0.1, 0.15) is 0 Å². The highest BCUT2D eigenvalue weighted by Gasteiger charge is 2.13. The summed E-state index contributed by atoms with van der Waals surface area (Å²) in [6.07, 6.45) is 0. The summed E-state index contributed by atoms with van der Waals surface area (Å²) in [4.78, 5) is 12.1. The summed E-state index contributed by atoms with van der Waals surface area (Å²) in [6.45, 7) is 5.86. The van der Waals surface area contributed by atoms with Crippen LogP contribution in [0.2, 0.25) is 0 Å². The Bertz CT molecular complexity index is 795. The summed E-state index contributed by atoms with van der Waals surface area (Å²) in [7, 11) is -3.55. The van der Waals surface area contributed by atoms with Gasteiger partial charge in [-0.2, -0.15) is 0 Å². The molecule has 1 amide bonds. The zero-order valence-corrected chi connectivity index (χ0v) is 14.9. The third-order valence-electron chi connectivity index (χ3n) is 3.43. The normalized spacial score (nSPS) is 11.5. The maximum atomic E-state index is 12.2. The van der Waals surface area contributed by atoms with Crippen molar-refractivity contribution in [2.24, 2.45) is 0 Å². The third-order valence-corrected chi connectivity index (χ3v) is 4.85. The first-order valence-corrected chi connectivity index (χ1v) is 9.22. The summed E-state index contributed by atoms with van der Waals surface area (Å²) in [5, 5.41) is 2.81. The van der Waals surface area contributed by atoms with Crippen LogP contribution >= 0.6 is 0 Å². The van der Waals surface area contributed by atoms with Crippen molar-refractivity contribution in [2.45, 2.75) is 38.3 Å². The fourth-order valence-electron chi connectivity index (χ4n) is 2.10. The Balaban J connectivity index is 2.01. The van der Waals surface area contributed by atoms with E-state index in [4.69, 9.17) is 0 Å². The number of amides is 1. The summed E-state index contributed by atoms with van der Waals surface area (Å²) in [5.74, 6) is -0.142. The van der Waals surface area contributed by atoms with Gasteiger partial charge in [0.15, 0.2) is 0 Å². The summed E-state index contributed by atoms with van der Waals surface area (Å²) >= 11 is 0. The Morgan fingerprint density at radius 2 is 1.58 bits per heavy atom. The van der Waals surface area contributed by atoms with Gasteiger partial charge in [0.25, 0.3) is 5.91 Å². The van der Waals surface area contributed by atoms with E-state index in [1.165, 1.54) is 0 Å². The first-order valence-electron chi connectivity index (χ1n) is 7.74. The van der Waals surface area contributed by atoms with Gasteiger partial charge in [-0.3, -0.25) is 4.79 Å². The average molecular weight is 346 g/mol. The lowest BCUT2D eigenvalue weighted by Gasteiger charge is -2.10. The monoisotopic (exact) mass is 346 g/mol. The number of rotatable bonds is 6. The molecule has 0 spiro atoms. The predicted molar refractivity (Wildman–Crippen MR) is 94.2 cm³/mol. The minimum atomic E-state index is -3.55. The van der Waals surface area contributed by atoms with Crippen molar-refractivity contribution in [3.63, 3.8) is 0 Å². The Labute approximate surface area is 143 Å². The van der Waals surface area contributed by atoms with E-state index in [-0.39, 0.29) is 23.4 Å². The van der Waals surface area contributed by atoms with Gasteiger partial charge in [-0.25, -0.2) is 13.1 Å². The lowest BCUT2D eigenvalue weighted by Crippen LogP contribution is -2.30. The van der Waals surface area contributed by atoms with E-state index in [0.717, 1.165) is 11.1 Å². The van der Waals surface area contributed by atoms with Crippen LogP contribution in [0.4, 0.5) is 0 Å². The van der Waals surface area contributed by atoms with Gasteiger partial charge in [-0.15, -0.1) is 0 Å². The lowest BCUT2D eigenvalue weighted by molar-refractivity contribution is 0.0943. The van der Waals surface area contributed by atoms with Crippen molar-refractivity contribution < 1.29 is 13.2 Å². The van der Waals surface area contributed by atoms with Crippen LogP contribution in [0.3, 0.4) is 0 Å². The van der Waals surface area contributed by atoms with Crippen LogP contribution < -0.4 is 10.0 Å². The predicted octanol–water partition coefficient (Wildman–Crippen LogP) is 2.61. The average Bonchev–Trinajstić information content (AvgIpc) is 2.53. The molecule has 2 rings (SSSR count). The number of carbonyl (C=O) groups is 1. The molecule has 0 heterocycles. The molecule has 0 fully saturated rings. The first kappa shape index (κ1) is 18.2. The largest absolute Gasteiger partial charge is 0.350 e. The van der Waals surface area contributed by atoms with Gasteiger partial charge in [0.05, 0.1) is 4.90 Å². The van der Waals surface area contributed by atoms with Crippen LogP contribution in [0.25, 0.3) is 0 Å². The van der Waals surface area contributed by atoms with Crippen molar-refractivity contribution in [3.05, 3.63) is 65.2 Å². The van der Waals surface area contributed by atoms with Crippen LogP contribution in [0, 0.1) is 6.92 Å². The smallest absolute Gasteiger partial charge is 0.251 e. The van der Waals surface area contributed by atoms with E-state index >= 15 is 0 Å². The van der Waals surface area contributed by atoms with Gasteiger partial charge in [0.2, 0.25) is 10.0 Å². The molecule has 128 valence electrons. The molecular weight excluding hydrogens is 324 g/mol. The van der Waals surface area contributed by atoms with Gasteiger partial charge >= 0.3 is 0 Å². The van der Waals surface area contributed by atoms with Crippen molar-refractivity contribution in [2.75, 3.05) is 0 Å². The molecule has 0 saturated carbocycles. The minimum absolute atomic E-state index is 0.0681. The van der Waals surface area contributed by atoms with E-state index in [0.29, 0.717) is 5.56 Å². The number of hydrogen-bond donors (Lipinski definition) is 2. The molecule has 2 aromatic carbocycles. The van der Waals surface area contributed by atoms with Crippen LogP contribution in [-0.4, -0.2) is 20.4 Å². The molecule has 2 aromatic rings. The Morgan fingerprint density at radius 3 is 2.12 bits per heavy atom. The van der Waals surface area contributed by atoms with Crippen molar-refractivity contribution in [1.82, 2.24) is 10.0 Å². The molecule has 0 atom stereocenters. The first-order chi connectivity index (χ1) is 11.3. The Kier molecular flexibility index (Phi) is 5.75. The highest BCUT2D eigenvalue weighted by atomic mass is 32.2. The summed E-state index contributed by atoms with van der Waals surface area (Å²) in [5.41, 5.74) is 2.34. The quantitative estimate of drug-likeness (QED) is 0.844. The second-order valence-electron chi connectivity index (χ2n) is 5.96. The van der Waals surface area contributed by atoms with Gasteiger partial charge < -0.3 is 5.32 Å². The molecule has 5 nitrogen and oxygen atoms in total. The molecule has 0 aromatic heterocycles. The zero-order valence-electron chi connectivity index (χ0n) is 14.0. The van der Waals surface area contributed by atoms with Crippen molar-refractivity contribution in [1.29, 1.82) is 0 Å². The molecule has 0 unspecified atom stereocenters. The van der Waals surface area contributed by atoms with Gasteiger partial charge in [-0.1, -0.05) is 29.8 Å². The van der Waals surface area contributed by atoms with Crippen LogP contribution in [0.5, 0.6) is 0 Å². The molecule has 0 aliphatic rings. The summed E-state index contributed by atoms with van der Waals surface area (Å²) < 4.78 is 27.0. The molecule has 0 saturated heterocycles. The van der Waals surface area contributed by atoms with E-state index in [1.54, 1.807) is 48.5 Å². The topological polar surface area (TPSA) is 75.3 Å². The number of aryl methyl sites for hydroxylation is 1. The molecule has 0 radical (unpaired) electrons. The van der Waals surface area contributed by atoms with Crippen molar-refractivity contribution in [3.8, 4) is 0 Å². The third kappa shape index (κ3) is 4.91. The highest BCUT2D eigenvalue weighted by Crippen LogP contribution is 2.11. The lowest BCUT2D eigenvalue weighted by atomic mass is 10.1. The van der Waals surface area contributed by atoms with Crippen LogP contribution in [-0.2, 0) is 16.6 Å². The molecule has 0 bridgehead atoms. The fraction of sp³-hybridized carbons (Fsp3) is 0.278. The number of sulfonamides is 1. The maximum absolute atomic E-state index is 12.2. The number of hydrogen-bond acceptors (Lipinski definition) is 3.